The van der Waals surface area contributed by atoms with E-state index in [-0.39, 0.29) is 6.47 Å². The van der Waals surface area contributed by atoms with Gasteiger partial charge in [-0.05, 0) is 0 Å². The van der Waals surface area contributed by atoms with E-state index in [0.717, 1.165) is 6.26 Å². The van der Waals surface area contributed by atoms with Crippen molar-refractivity contribution in [2.75, 3.05) is 12.8 Å². The predicted molar refractivity (Wildman–Crippen MR) is 37.2 cm³/mol. The first-order valence-electron chi connectivity index (χ1n) is 2.50. The molecule has 0 aliphatic carbocycles. The SMILES string of the molecule is CCNS(C)(=O)=O.O=CO. The van der Waals surface area contributed by atoms with Crippen LogP contribution in [0.3, 0.4) is 0 Å². The van der Waals surface area contributed by atoms with E-state index < -0.39 is 10.0 Å². The number of hydrogen-bond donors (Lipinski definition) is 2. The van der Waals surface area contributed by atoms with Gasteiger partial charge in [0.25, 0.3) is 6.47 Å². The minimum Gasteiger partial charge on any atom is -0.483 e. The highest BCUT2D eigenvalue weighted by Gasteiger charge is 1.92. The Kier molecular flexibility index (Phi) is 7.86. The molecule has 0 unspecified atom stereocenters. The molecule has 0 aromatic rings. The van der Waals surface area contributed by atoms with Gasteiger partial charge < -0.3 is 5.11 Å². The lowest BCUT2D eigenvalue weighted by atomic mass is 10.8. The molecule has 0 heterocycles. The summed E-state index contributed by atoms with van der Waals surface area (Å²) in [6.07, 6.45) is 1.14. The van der Waals surface area contributed by atoms with E-state index in [2.05, 4.69) is 4.72 Å². The van der Waals surface area contributed by atoms with Gasteiger partial charge >= 0.3 is 0 Å². The average Bonchev–Trinajstić information content (AvgIpc) is 1.63. The maximum Gasteiger partial charge on any atom is 0.290 e. The third kappa shape index (κ3) is 26.3. The minimum atomic E-state index is -2.92. The van der Waals surface area contributed by atoms with Gasteiger partial charge in [0.05, 0.1) is 6.26 Å². The number of sulfonamides is 1. The molecule has 10 heavy (non-hydrogen) atoms. The molecule has 6 heteroatoms. The lowest BCUT2D eigenvalue weighted by molar-refractivity contribution is -0.122. The number of carbonyl (C=O) groups is 1. The second kappa shape index (κ2) is 6.50. The smallest absolute Gasteiger partial charge is 0.290 e. The van der Waals surface area contributed by atoms with E-state index in [0.29, 0.717) is 6.54 Å². The average molecular weight is 169 g/mol. The molecule has 0 saturated heterocycles. The van der Waals surface area contributed by atoms with E-state index in [1.165, 1.54) is 0 Å². The van der Waals surface area contributed by atoms with Crippen molar-refractivity contribution in [3.05, 3.63) is 0 Å². The van der Waals surface area contributed by atoms with E-state index in [4.69, 9.17) is 9.90 Å². The lowest BCUT2D eigenvalue weighted by Gasteiger charge is -1.91. The fourth-order valence-corrected chi connectivity index (χ4v) is 0.787. The molecule has 62 valence electrons. The van der Waals surface area contributed by atoms with Crippen LogP contribution in [0, 0.1) is 0 Å². The zero-order chi connectivity index (χ0) is 8.62. The summed E-state index contributed by atoms with van der Waals surface area (Å²) in [6.45, 7) is 1.96. The van der Waals surface area contributed by atoms with Crippen LogP contribution in [0.25, 0.3) is 0 Å². The standard InChI is InChI=1S/C3H9NO2S.CH2O2/c1-3-4-7(2,5)6;2-1-3/h4H,3H2,1-2H3;1H,(H,2,3). The van der Waals surface area contributed by atoms with Gasteiger partial charge in [-0.2, -0.15) is 0 Å². The summed E-state index contributed by atoms with van der Waals surface area (Å²) < 4.78 is 22.5. The fourth-order valence-electron chi connectivity index (χ4n) is 0.262. The summed E-state index contributed by atoms with van der Waals surface area (Å²) in [6, 6.07) is 0. The highest BCUT2D eigenvalue weighted by Crippen LogP contribution is 1.67. The van der Waals surface area contributed by atoms with Gasteiger partial charge in [0.2, 0.25) is 10.0 Å². The molecule has 0 radical (unpaired) electrons. The molecule has 0 rings (SSSR count). The molecule has 0 aromatic carbocycles. The van der Waals surface area contributed by atoms with Crippen molar-refractivity contribution in [3.63, 3.8) is 0 Å². The van der Waals surface area contributed by atoms with Gasteiger partial charge in [0, 0.05) is 6.54 Å². The maximum absolute atomic E-state index is 10.1. The van der Waals surface area contributed by atoms with Gasteiger partial charge in [0.1, 0.15) is 0 Å². The molecule has 0 amide bonds. The molecule has 0 spiro atoms. The highest BCUT2D eigenvalue weighted by molar-refractivity contribution is 7.88. The summed E-state index contributed by atoms with van der Waals surface area (Å²) in [7, 11) is -2.92. The monoisotopic (exact) mass is 169 g/mol. The first-order valence-corrected chi connectivity index (χ1v) is 4.39. The van der Waals surface area contributed by atoms with Crippen molar-refractivity contribution in [3.8, 4) is 0 Å². The van der Waals surface area contributed by atoms with Crippen molar-refractivity contribution in [2.24, 2.45) is 0 Å². The van der Waals surface area contributed by atoms with E-state index in [1.807, 2.05) is 0 Å². The highest BCUT2D eigenvalue weighted by atomic mass is 32.2. The Balaban J connectivity index is 0. The fraction of sp³-hybridized carbons (Fsp3) is 0.750. The molecule has 0 atom stereocenters. The van der Waals surface area contributed by atoms with Crippen LogP contribution in [-0.4, -0.2) is 32.8 Å². The first-order chi connectivity index (χ1) is 4.47. The van der Waals surface area contributed by atoms with Crippen LogP contribution >= 0.6 is 0 Å². The second-order valence-electron chi connectivity index (χ2n) is 1.38. The van der Waals surface area contributed by atoms with E-state index in [9.17, 15) is 8.42 Å². The van der Waals surface area contributed by atoms with Crippen molar-refractivity contribution >= 4 is 16.5 Å². The van der Waals surface area contributed by atoms with Crippen LogP contribution in [0.15, 0.2) is 0 Å². The molecule has 0 aromatic heterocycles. The Labute approximate surface area is 60.1 Å². The zero-order valence-electron chi connectivity index (χ0n) is 5.86. The van der Waals surface area contributed by atoms with Crippen LogP contribution in [0.2, 0.25) is 0 Å². The zero-order valence-corrected chi connectivity index (χ0v) is 6.68. The van der Waals surface area contributed by atoms with Crippen molar-refractivity contribution in [2.45, 2.75) is 6.92 Å². The van der Waals surface area contributed by atoms with Gasteiger partial charge in [-0.15, -0.1) is 0 Å². The molecule has 0 fully saturated rings. The van der Waals surface area contributed by atoms with Crippen LogP contribution in [0.1, 0.15) is 6.92 Å². The molecule has 0 aliphatic rings. The second-order valence-corrected chi connectivity index (χ2v) is 3.21. The van der Waals surface area contributed by atoms with Gasteiger partial charge in [-0.3, -0.25) is 4.79 Å². The maximum atomic E-state index is 10.1. The van der Waals surface area contributed by atoms with Gasteiger partial charge in [-0.25, -0.2) is 13.1 Å². The Morgan fingerprint density at radius 1 is 1.60 bits per heavy atom. The topological polar surface area (TPSA) is 83.5 Å². The number of nitrogens with one attached hydrogen (secondary N) is 1. The summed E-state index contributed by atoms with van der Waals surface area (Å²) >= 11 is 0. The van der Waals surface area contributed by atoms with Gasteiger partial charge in [0.15, 0.2) is 0 Å². The summed E-state index contributed by atoms with van der Waals surface area (Å²) in [5.41, 5.74) is 0. The summed E-state index contributed by atoms with van der Waals surface area (Å²) in [5.74, 6) is 0. The third-order valence-electron chi connectivity index (χ3n) is 0.407. The molecule has 0 saturated carbocycles. The Morgan fingerprint density at radius 2 is 1.90 bits per heavy atom. The summed E-state index contributed by atoms with van der Waals surface area (Å²) in [5, 5.41) is 6.89. The van der Waals surface area contributed by atoms with Crippen molar-refractivity contribution in [1.29, 1.82) is 0 Å². The number of carboxylic acid groups (broad SMARTS) is 1. The molecule has 0 aliphatic heterocycles. The molecular formula is C4H11NO4S. The quantitative estimate of drug-likeness (QED) is 0.533. The third-order valence-corrected chi connectivity index (χ3v) is 1.22. The minimum absolute atomic E-state index is 0.250. The Hall–Kier alpha value is -0.620. The van der Waals surface area contributed by atoms with Crippen molar-refractivity contribution < 1.29 is 18.3 Å². The van der Waals surface area contributed by atoms with Crippen LogP contribution in [0.4, 0.5) is 0 Å². The Morgan fingerprint density at radius 3 is 1.90 bits per heavy atom. The first kappa shape index (κ1) is 12.1. The van der Waals surface area contributed by atoms with Crippen molar-refractivity contribution in [1.82, 2.24) is 4.72 Å². The molecule has 2 N–H and O–H groups in total. The predicted octanol–water partition coefficient (Wildman–Crippen LogP) is -0.744. The van der Waals surface area contributed by atoms with Crippen LogP contribution < -0.4 is 4.72 Å². The largest absolute Gasteiger partial charge is 0.483 e. The van der Waals surface area contributed by atoms with Crippen LogP contribution in [-0.2, 0) is 14.8 Å². The van der Waals surface area contributed by atoms with E-state index in [1.54, 1.807) is 6.92 Å². The normalized spacial score (nSPS) is 9.40. The molecule has 0 bridgehead atoms. The summed E-state index contributed by atoms with van der Waals surface area (Å²) in [4.78, 5) is 8.36. The number of hydrogen-bond acceptors (Lipinski definition) is 3. The Bertz CT molecular complexity index is 162. The van der Waals surface area contributed by atoms with Crippen LogP contribution in [0.5, 0.6) is 0 Å². The van der Waals surface area contributed by atoms with Gasteiger partial charge in [-0.1, -0.05) is 6.92 Å². The number of rotatable bonds is 2. The molecule has 5 nitrogen and oxygen atoms in total. The van der Waals surface area contributed by atoms with E-state index >= 15 is 0 Å². The molecular weight excluding hydrogens is 158 g/mol. The lowest BCUT2D eigenvalue weighted by Crippen LogP contribution is -2.20.